The van der Waals surface area contributed by atoms with Crippen LogP contribution in [0.1, 0.15) is 54.1 Å². The number of rotatable bonds is 4. The summed E-state index contributed by atoms with van der Waals surface area (Å²) in [5.74, 6) is 0. The van der Waals surface area contributed by atoms with Crippen LogP contribution in [0.25, 0.3) is 0 Å². The summed E-state index contributed by atoms with van der Waals surface area (Å²) >= 11 is 0. The highest BCUT2D eigenvalue weighted by molar-refractivity contribution is 7.85. The van der Waals surface area contributed by atoms with Gasteiger partial charge in [0, 0.05) is 11.1 Å². The summed E-state index contributed by atoms with van der Waals surface area (Å²) < 4.78 is 0. The van der Waals surface area contributed by atoms with Gasteiger partial charge in [0.05, 0.1) is 0 Å². The summed E-state index contributed by atoms with van der Waals surface area (Å²) in [6.07, 6.45) is 0. The maximum atomic E-state index is 12.8. The zero-order valence-corrected chi connectivity index (χ0v) is 15.9. The fourth-order valence-corrected chi connectivity index (χ4v) is 4.65. The molecule has 2 aromatic rings. The zero-order chi connectivity index (χ0) is 18.2. The van der Waals surface area contributed by atoms with E-state index in [-0.39, 0.29) is 0 Å². The van der Waals surface area contributed by atoms with Crippen molar-refractivity contribution in [2.45, 2.75) is 41.5 Å². The third-order valence-corrected chi connectivity index (χ3v) is 5.38. The molecule has 24 heavy (non-hydrogen) atoms. The average Bonchev–Trinajstić information content (AvgIpc) is 2.43. The molecule has 0 fully saturated rings. The van der Waals surface area contributed by atoms with Crippen molar-refractivity contribution in [3.63, 3.8) is 0 Å². The van der Waals surface area contributed by atoms with Gasteiger partial charge in [-0.1, -0.05) is 35.4 Å². The van der Waals surface area contributed by atoms with E-state index in [9.17, 15) is 14.5 Å². The fraction of sp³-hybridized carbons (Fsp3) is 0.300. The summed E-state index contributed by atoms with van der Waals surface area (Å²) in [6, 6.07) is 7.60. The second-order valence-corrected chi connectivity index (χ2v) is 7.91. The topological polar surface area (TPSA) is 54.4 Å². The average molecular weight is 342 g/mol. The van der Waals surface area contributed by atoms with Gasteiger partial charge in [-0.3, -0.25) is 9.59 Å². The number of hydrogen-bond acceptors (Lipinski definition) is 3. The number of carbonyl (C=O) groups excluding carboxylic acids is 2. The molecule has 126 valence electrons. The van der Waals surface area contributed by atoms with Gasteiger partial charge >= 0.3 is 0 Å². The van der Waals surface area contributed by atoms with E-state index in [4.69, 9.17) is 0 Å². The van der Waals surface area contributed by atoms with Crippen molar-refractivity contribution >= 4 is 19.2 Å². The lowest BCUT2D eigenvalue weighted by Crippen LogP contribution is -2.11. The molecule has 0 aromatic heterocycles. The van der Waals surface area contributed by atoms with Crippen molar-refractivity contribution in [3.8, 4) is 0 Å². The summed E-state index contributed by atoms with van der Waals surface area (Å²) in [5, 5.41) is 0. The lowest BCUT2D eigenvalue weighted by Gasteiger charge is -2.16. The molecule has 0 atom stereocenters. The van der Waals surface area contributed by atoms with E-state index in [0.29, 0.717) is 11.1 Å². The monoisotopic (exact) mass is 342 g/mol. The molecule has 0 radical (unpaired) electrons. The molecule has 0 aliphatic carbocycles. The number of carbonyl (C=O) groups is 2. The highest BCUT2D eigenvalue weighted by atomic mass is 31.1. The van der Waals surface area contributed by atoms with Crippen LogP contribution in [0.4, 0.5) is 0 Å². The molecule has 0 saturated heterocycles. The molecule has 0 aliphatic heterocycles. The van der Waals surface area contributed by atoms with Crippen LogP contribution in [0.15, 0.2) is 24.3 Å². The van der Waals surface area contributed by atoms with E-state index in [2.05, 4.69) is 0 Å². The van der Waals surface area contributed by atoms with Crippen molar-refractivity contribution in [1.29, 1.82) is 0 Å². The first-order valence-electron chi connectivity index (χ1n) is 7.86. The Balaban J connectivity index is 2.44. The number of aryl methyl sites for hydroxylation is 6. The van der Waals surface area contributed by atoms with Crippen LogP contribution in [0.5, 0.6) is 0 Å². The normalized spacial score (nSPS) is 11.0. The van der Waals surface area contributed by atoms with E-state index in [0.717, 1.165) is 33.4 Å². The van der Waals surface area contributed by atoms with Crippen LogP contribution >= 0.6 is 8.15 Å². The Kier molecular flexibility index (Phi) is 5.37. The summed E-state index contributed by atoms with van der Waals surface area (Å²) in [4.78, 5) is 36.0. The summed E-state index contributed by atoms with van der Waals surface area (Å²) in [6.45, 7) is 11.3. The second-order valence-electron chi connectivity index (χ2n) is 6.47. The van der Waals surface area contributed by atoms with Gasteiger partial charge in [-0.25, -0.2) is 0 Å². The molecule has 0 saturated carbocycles. The van der Waals surface area contributed by atoms with Crippen LogP contribution < -0.4 is 0 Å². The summed E-state index contributed by atoms with van der Waals surface area (Å²) in [5.41, 5.74) is 5.28. The minimum Gasteiger partial charge on any atom is -0.359 e. The molecular weight excluding hydrogens is 319 g/mol. The summed E-state index contributed by atoms with van der Waals surface area (Å²) in [7, 11) is -2.42. The van der Waals surface area contributed by atoms with E-state index in [1.54, 1.807) is 0 Å². The van der Waals surface area contributed by atoms with Gasteiger partial charge < -0.3 is 4.89 Å². The molecule has 0 unspecified atom stereocenters. The zero-order valence-electron chi connectivity index (χ0n) is 15.0. The van der Waals surface area contributed by atoms with Crippen LogP contribution in [-0.4, -0.2) is 15.9 Å². The maximum absolute atomic E-state index is 12.8. The maximum Gasteiger partial charge on any atom is 0.219 e. The Labute approximate surface area is 144 Å². The largest absolute Gasteiger partial charge is 0.359 e. The van der Waals surface area contributed by atoms with E-state index < -0.39 is 19.2 Å². The van der Waals surface area contributed by atoms with Crippen molar-refractivity contribution in [2.75, 3.05) is 0 Å². The Bertz CT molecular complexity index is 721. The first-order valence-corrected chi connectivity index (χ1v) is 9.16. The SMILES string of the molecule is Cc1cc(C)c(C(=O)P(O)C(=O)c2c(C)cc(C)cc2C)c(C)c1. The Morgan fingerprint density at radius 1 is 0.667 bits per heavy atom. The van der Waals surface area contributed by atoms with Gasteiger partial charge in [0.15, 0.2) is 8.15 Å². The van der Waals surface area contributed by atoms with Crippen LogP contribution in [-0.2, 0) is 0 Å². The number of benzene rings is 2. The second kappa shape index (κ2) is 6.96. The predicted molar refractivity (Wildman–Crippen MR) is 99.1 cm³/mol. The molecule has 2 rings (SSSR count). The Morgan fingerprint density at radius 3 is 1.17 bits per heavy atom. The van der Waals surface area contributed by atoms with Crippen molar-refractivity contribution in [1.82, 2.24) is 0 Å². The Hall–Kier alpha value is -1.83. The van der Waals surface area contributed by atoms with Crippen molar-refractivity contribution < 1.29 is 14.5 Å². The standard InChI is InChI=1S/C20H23O3P/c1-11-7-13(3)17(14(4)8-11)19(21)24(23)20(22)18-15(5)9-12(2)10-16(18)6/h7-10,23H,1-6H3. The van der Waals surface area contributed by atoms with Gasteiger partial charge in [-0.05, 0) is 63.8 Å². The van der Waals surface area contributed by atoms with Crippen LogP contribution in [0.3, 0.4) is 0 Å². The minimum atomic E-state index is -2.42. The molecule has 0 amide bonds. The van der Waals surface area contributed by atoms with Gasteiger partial charge in [0.1, 0.15) is 0 Å². The third kappa shape index (κ3) is 3.48. The molecule has 1 N–H and O–H groups in total. The predicted octanol–water partition coefficient (Wildman–Crippen LogP) is 4.91. The van der Waals surface area contributed by atoms with Crippen molar-refractivity contribution in [2.24, 2.45) is 0 Å². The fourth-order valence-electron chi connectivity index (χ4n) is 3.34. The van der Waals surface area contributed by atoms with Gasteiger partial charge in [-0.15, -0.1) is 0 Å². The molecular formula is C20H23O3P. The van der Waals surface area contributed by atoms with Gasteiger partial charge in [0.25, 0.3) is 0 Å². The van der Waals surface area contributed by atoms with Gasteiger partial charge in [-0.2, -0.15) is 0 Å². The smallest absolute Gasteiger partial charge is 0.219 e. The Morgan fingerprint density at radius 2 is 0.917 bits per heavy atom. The van der Waals surface area contributed by atoms with Crippen LogP contribution in [0, 0.1) is 41.5 Å². The molecule has 0 bridgehead atoms. The first-order chi connectivity index (χ1) is 11.1. The van der Waals surface area contributed by atoms with E-state index in [1.165, 1.54) is 0 Å². The molecule has 2 aromatic carbocycles. The molecule has 0 spiro atoms. The number of hydrogen-bond donors (Lipinski definition) is 1. The van der Waals surface area contributed by atoms with Crippen molar-refractivity contribution in [3.05, 3.63) is 68.8 Å². The highest BCUT2D eigenvalue weighted by Crippen LogP contribution is 2.42. The quantitative estimate of drug-likeness (QED) is 0.804. The lowest BCUT2D eigenvalue weighted by atomic mass is 10.0. The molecule has 4 heteroatoms. The third-order valence-electron chi connectivity index (χ3n) is 4.17. The molecule has 0 heterocycles. The van der Waals surface area contributed by atoms with E-state index in [1.807, 2.05) is 65.8 Å². The lowest BCUT2D eigenvalue weighted by molar-refractivity contribution is 0.103. The highest BCUT2D eigenvalue weighted by Gasteiger charge is 2.30. The van der Waals surface area contributed by atoms with Gasteiger partial charge in [0.2, 0.25) is 11.0 Å². The van der Waals surface area contributed by atoms with Crippen LogP contribution in [0.2, 0.25) is 0 Å². The molecule has 0 aliphatic rings. The first kappa shape index (κ1) is 18.5. The molecule has 3 nitrogen and oxygen atoms in total. The minimum absolute atomic E-state index is 0.463. The van der Waals surface area contributed by atoms with E-state index >= 15 is 0 Å².